The summed E-state index contributed by atoms with van der Waals surface area (Å²) < 4.78 is 15.0. The number of carboxylic acids is 1. The summed E-state index contributed by atoms with van der Waals surface area (Å²) in [5.74, 6) is -2.97. The average Bonchev–Trinajstić information content (AvgIpc) is 2.00. The van der Waals surface area contributed by atoms with Crippen molar-refractivity contribution in [3.63, 3.8) is 0 Å². The van der Waals surface area contributed by atoms with Crippen LogP contribution in [0.4, 0.5) is 0 Å². The molecular weight excluding hydrogens is 201 g/mol. The van der Waals surface area contributed by atoms with E-state index in [1.807, 2.05) is 0 Å². The van der Waals surface area contributed by atoms with Gasteiger partial charge in [0.15, 0.2) is 0 Å². The predicted octanol–water partition coefficient (Wildman–Crippen LogP) is -1.20. The van der Waals surface area contributed by atoms with Gasteiger partial charge >= 0.3 is 13.6 Å². The molecule has 0 rings (SSSR count). The number of ketones is 1. The van der Waals surface area contributed by atoms with Crippen LogP contribution in [0.15, 0.2) is 0 Å². The van der Waals surface area contributed by atoms with Gasteiger partial charge in [0.05, 0.1) is 6.16 Å². The maximum atomic E-state index is 10.8. The van der Waals surface area contributed by atoms with Gasteiger partial charge in [0.2, 0.25) is 0 Å². The van der Waals surface area contributed by atoms with E-state index in [-0.39, 0.29) is 12.7 Å². The maximum Gasteiger partial charge on any atom is 0.374 e. The predicted molar refractivity (Wildman–Crippen MR) is 42.3 cm³/mol. The Bertz CT molecular complexity index is 251. The molecule has 4 N–H and O–H groups in total. The SMILES string of the molecule is NCCP(=O)(O)OCC(=O)C(=O)O. The van der Waals surface area contributed by atoms with Crippen LogP contribution in [0.2, 0.25) is 0 Å². The lowest BCUT2D eigenvalue weighted by Gasteiger charge is -2.08. The van der Waals surface area contributed by atoms with Crippen molar-refractivity contribution >= 4 is 19.3 Å². The first-order valence-corrected chi connectivity index (χ1v) is 5.08. The van der Waals surface area contributed by atoms with Crippen LogP contribution >= 0.6 is 7.60 Å². The van der Waals surface area contributed by atoms with Gasteiger partial charge in [-0.15, -0.1) is 0 Å². The number of Topliss-reactive ketones (excluding diaryl/α,β-unsaturated/α-hetero) is 1. The summed E-state index contributed by atoms with van der Waals surface area (Å²) in [6, 6.07) is 0. The van der Waals surface area contributed by atoms with Gasteiger partial charge in [0, 0.05) is 6.54 Å². The van der Waals surface area contributed by atoms with E-state index in [0.29, 0.717) is 0 Å². The molecule has 76 valence electrons. The molecule has 7 nitrogen and oxygen atoms in total. The topological polar surface area (TPSA) is 127 Å². The highest BCUT2D eigenvalue weighted by molar-refractivity contribution is 7.52. The molecule has 8 heteroatoms. The van der Waals surface area contributed by atoms with E-state index in [2.05, 4.69) is 4.52 Å². The molecular formula is C5H10NO6P. The molecule has 0 amide bonds. The maximum absolute atomic E-state index is 10.8. The van der Waals surface area contributed by atoms with E-state index in [0.717, 1.165) is 0 Å². The molecule has 1 unspecified atom stereocenters. The molecule has 0 saturated heterocycles. The van der Waals surface area contributed by atoms with E-state index in [1.54, 1.807) is 0 Å². The van der Waals surface area contributed by atoms with Crippen LogP contribution in [-0.4, -0.2) is 41.1 Å². The first-order valence-electron chi connectivity index (χ1n) is 3.31. The minimum absolute atomic E-state index is 0.0744. The summed E-state index contributed by atoms with van der Waals surface area (Å²) in [5.41, 5.74) is 4.97. The molecule has 0 aliphatic rings. The van der Waals surface area contributed by atoms with Gasteiger partial charge in [-0.3, -0.25) is 9.36 Å². The van der Waals surface area contributed by atoms with Crippen molar-refractivity contribution in [1.29, 1.82) is 0 Å². The number of hydrogen-bond acceptors (Lipinski definition) is 5. The molecule has 0 fully saturated rings. The Kier molecular flexibility index (Phi) is 4.79. The second kappa shape index (κ2) is 5.08. The Hall–Kier alpha value is -0.750. The molecule has 0 bridgehead atoms. The molecule has 0 aromatic rings. The second-order valence-corrected chi connectivity index (χ2v) is 4.13. The second-order valence-electron chi connectivity index (χ2n) is 2.15. The lowest BCUT2D eigenvalue weighted by molar-refractivity contribution is -0.150. The highest BCUT2D eigenvalue weighted by Crippen LogP contribution is 2.40. The zero-order chi connectivity index (χ0) is 10.5. The van der Waals surface area contributed by atoms with Crippen LogP contribution in [0.5, 0.6) is 0 Å². The smallest absolute Gasteiger partial charge is 0.374 e. The highest BCUT2D eigenvalue weighted by Gasteiger charge is 2.21. The summed E-state index contributed by atoms with van der Waals surface area (Å²) in [5, 5.41) is 8.08. The molecule has 0 aliphatic carbocycles. The Labute approximate surface area is 74.0 Å². The Morgan fingerprint density at radius 1 is 1.46 bits per heavy atom. The van der Waals surface area contributed by atoms with Crippen molar-refractivity contribution in [3.05, 3.63) is 0 Å². The van der Waals surface area contributed by atoms with Gasteiger partial charge in [-0.2, -0.15) is 0 Å². The molecule has 13 heavy (non-hydrogen) atoms. The fourth-order valence-corrected chi connectivity index (χ4v) is 1.22. The van der Waals surface area contributed by atoms with Crippen LogP contribution in [0, 0.1) is 0 Å². The molecule has 1 atom stereocenters. The van der Waals surface area contributed by atoms with E-state index in [1.165, 1.54) is 0 Å². The van der Waals surface area contributed by atoms with Crippen LogP contribution in [0.3, 0.4) is 0 Å². The number of aliphatic carboxylic acids is 1. The third-order valence-corrected chi connectivity index (χ3v) is 2.40. The summed E-state index contributed by atoms with van der Waals surface area (Å²) in [6.45, 7) is -0.988. The first-order chi connectivity index (χ1) is 5.89. The monoisotopic (exact) mass is 211 g/mol. The Balaban J connectivity index is 3.95. The largest absolute Gasteiger partial charge is 0.475 e. The lowest BCUT2D eigenvalue weighted by atomic mass is 10.4. The zero-order valence-electron chi connectivity index (χ0n) is 6.67. The highest BCUT2D eigenvalue weighted by atomic mass is 31.2. The third-order valence-electron chi connectivity index (χ3n) is 1.05. The van der Waals surface area contributed by atoms with Gasteiger partial charge in [-0.25, -0.2) is 4.79 Å². The Morgan fingerprint density at radius 3 is 2.38 bits per heavy atom. The molecule has 0 aromatic carbocycles. The number of carboxylic acid groups (broad SMARTS) is 1. The van der Waals surface area contributed by atoms with Gasteiger partial charge in [-0.1, -0.05) is 0 Å². The molecule has 0 radical (unpaired) electrons. The van der Waals surface area contributed by atoms with Gasteiger partial charge in [0.1, 0.15) is 6.61 Å². The fraction of sp³-hybridized carbons (Fsp3) is 0.600. The van der Waals surface area contributed by atoms with E-state index in [4.69, 9.17) is 15.7 Å². The van der Waals surface area contributed by atoms with Gasteiger partial charge in [-0.05, 0) is 0 Å². The normalized spacial score (nSPS) is 14.9. The number of hydrogen-bond donors (Lipinski definition) is 3. The Morgan fingerprint density at radius 2 is 2.00 bits per heavy atom. The fourth-order valence-electron chi connectivity index (χ4n) is 0.449. The lowest BCUT2D eigenvalue weighted by Crippen LogP contribution is -2.19. The molecule has 0 heterocycles. The quantitative estimate of drug-likeness (QED) is 0.372. The van der Waals surface area contributed by atoms with Crippen LogP contribution < -0.4 is 5.73 Å². The minimum atomic E-state index is -3.90. The minimum Gasteiger partial charge on any atom is -0.475 e. The summed E-state index contributed by atoms with van der Waals surface area (Å²) in [4.78, 5) is 29.2. The molecule has 0 saturated carbocycles. The van der Waals surface area contributed by atoms with Crippen molar-refractivity contribution in [3.8, 4) is 0 Å². The molecule has 0 aliphatic heterocycles. The molecule has 0 spiro atoms. The zero-order valence-corrected chi connectivity index (χ0v) is 7.57. The van der Waals surface area contributed by atoms with Crippen LogP contribution in [0.25, 0.3) is 0 Å². The summed E-state index contributed by atoms with van der Waals surface area (Å²) >= 11 is 0. The van der Waals surface area contributed by atoms with Gasteiger partial charge < -0.3 is 20.3 Å². The van der Waals surface area contributed by atoms with Crippen molar-refractivity contribution < 1.29 is 28.7 Å². The van der Waals surface area contributed by atoms with Crippen molar-refractivity contribution in [2.45, 2.75) is 0 Å². The third kappa shape index (κ3) is 5.48. The van der Waals surface area contributed by atoms with Crippen molar-refractivity contribution in [2.24, 2.45) is 5.73 Å². The van der Waals surface area contributed by atoms with Crippen molar-refractivity contribution in [1.82, 2.24) is 0 Å². The van der Waals surface area contributed by atoms with E-state index >= 15 is 0 Å². The summed E-state index contributed by atoms with van der Waals surface area (Å²) in [6.07, 6.45) is -0.306. The van der Waals surface area contributed by atoms with Crippen LogP contribution in [-0.2, 0) is 18.7 Å². The number of rotatable bonds is 6. The number of carbonyl (C=O) groups is 2. The number of carbonyl (C=O) groups excluding carboxylic acids is 1. The van der Waals surface area contributed by atoms with Crippen molar-refractivity contribution in [2.75, 3.05) is 19.3 Å². The summed E-state index contributed by atoms with van der Waals surface area (Å²) in [7, 11) is -3.90. The first kappa shape index (κ1) is 12.2. The molecule has 0 aromatic heterocycles. The van der Waals surface area contributed by atoms with Gasteiger partial charge in [0.25, 0.3) is 5.78 Å². The van der Waals surface area contributed by atoms with E-state index in [9.17, 15) is 14.2 Å². The number of nitrogens with two attached hydrogens (primary N) is 1. The van der Waals surface area contributed by atoms with E-state index < -0.39 is 26.0 Å². The average molecular weight is 211 g/mol. The standard InChI is InChI=1S/C5H10NO6P/c6-1-2-13(10,11)12-3-4(7)5(8)9/h1-3,6H2,(H,8,9)(H,10,11). The van der Waals surface area contributed by atoms with Crippen LogP contribution in [0.1, 0.15) is 0 Å².